The normalized spacial score (nSPS) is 11.3. The van der Waals surface area contributed by atoms with Crippen LogP contribution >= 0.6 is 0 Å². The summed E-state index contributed by atoms with van der Waals surface area (Å²) in [5.74, 6) is 0. The molecule has 0 aliphatic carbocycles. The second-order valence-electron chi connectivity index (χ2n) is 4.68. The molecule has 0 heterocycles. The first kappa shape index (κ1) is 16.5. The number of hydrogen-bond donors (Lipinski definition) is 2. The highest BCUT2D eigenvalue weighted by Gasteiger charge is 2.24. The van der Waals surface area contributed by atoms with Crippen molar-refractivity contribution in [2.75, 3.05) is 7.11 Å². The number of hydrogen-bond acceptors (Lipinski definition) is 4. The average Bonchev–Trinajstić information content (AvgIpc) is 2.40. The predicted molar refractivity (Wildman–Crippen MR) is 76.0 cm³/mol. The van der Waals surface area contributed by atoms with E-state index in [4.69, 9.17) is 0 Å². The summed E-state index contributed by atoms with van der Waals surface area (Å²) in [7, 11) is -2.70. The van der Waals surface area contributed by atoms with Gasteiger partial charge < -0.3 is 4.74 Å². The van der Waals surface area contributed by atoms with Crippen molar-refractivity contribution in [3.05, 3.63) is 27.8 Å². The lowest BCUT2D eigenvalue weighted by molar-refractivity contribution is 0.169. The molecule has 1 aromatic carbocycles. The molecule has 0 spiro atoms. The highest BCUT2D eigenvalue weighted by atomic mass is 32.2. The van der Waals surface area contributed by atoms with Crippen LogP contribution in [0.15, 0.2) is 4.90 Å². The molecule has 0 aromatic heterocycles. The van der Waals surface area contributed by atoms with Gasteiger partial charge in [-0.2, -0.15) is 0 Å². The van der Waals surface area contributed by atoms with Gasteiger partial charge in [0.25, 0.3) is 10.0 Å². The molecule has 0 radical (unpaired) electrons. The minimum absolute atomic E-state index is 0.189. The van der Waals surface area contributed by atoms with Crippen molar-refractivity contribution < 1.29 is 17.9 Å². The average molecular weight is 300 g/mol. The molecule has 20 heavy (non-hydrogen) atoms. The highest BCUT2D eigenvalue weighted by molar-refractivity contribution is 7.89. The number of carbonyl (C=O) groups excluding carboxylic acids is 1. The van der Waals surface area contributed by atoms with Gasteiger partial charge in [-0.15, -0.1) is 4.83 Å². The minimum atomic E-state index is -3.85. The maximum Gasteiger partial charge on any atom is 0.422 e. The van der Waals surface area contributed by atoms with E-state index < -0.39 is 16.1 Å². The number of nitrogens with one attached hydrogen (secondary N) is 2. The van der Waals surface area contributed by atoms with Crippen LogP contribution < -0.4 is 10.3 Å². The van der Waals surface area contributed by atoms with Gasteiger partial charge in [0, 0.05) is 0 Å². The lowest BCUT2D eigenvalue weighted by Gasteiger charge is -2.18. The number of benzene rings is 1. The summed E-state index contributed by atoms with van der Waals surface area (Å²) in [5.41, 5.74) is 6.24. The lowest BCUT2D eigenvalue weighted by atomic mass is 9.95. The topological polar surface area (TPSA) is 84.5 Å². The van der Waals surface area contributed by atoms with Gasteiger partial charge >= 0.3 is 6.09 Å². The number of ether oxygens (including phenoxy) is 1. The Kier molecular flexibility index (Phi) is 4.77. The molecular formula is C13H20N2O4S. The van der Waals surface area contributed by atoms with Gasteiger partial charge in [0.2, 0.25) is 0 Å². The Morgan fingerprint density at radius 2 is 1.30 bits per heavy atom. The van der Waals surface area contributed by atoms with Crippen LogP contribution in [-0.2, 0) is 14.8 Å². The van der Waals surface area contributed by atoms with Crippen molar-refractivity contribution in [1.82, 2.24) is 10.3 Å². The fourth-order valence-corrected chi connectivity index (χ4v) is 3.51. The van der Waals surface area contributed by atoms with E-state index in [9.17, 15) is 13.2 Å². The Hall–Kier alpha value is -1.60. The molecule has 6 nitrogen and oxygen atoms in total. The maximum atomic E-state index is 12.3. The smallest absolute Gasteiger partial charge is 0.422 e. The summed E-state index contributed by atoms with van der Waals surface area (Å²) in [4.78, 5) is 13.2. The largest absolute Gasteiger partial charge is 0.452 e. The fourth-order valence-electron chi connectivity index (χ4n) is 2.08. The second-order valence-corrected chi connectivity index (χ2v) is 6.30. The summed E-state index contributed by atoms with van der Waals surface area (Å²) < 4.78 is 29.0. The molecule has 0 saturated heterocycles. The summed E-state index contributed by atoms with van der Waals surface area (Å²) >= 11 is 0. The summed E-state index contributed by atoms with van der Waals surface area (Å²) in [6.45, 7) is 9.22. The number of hydrazine groups is 1. The number of carbonyl (C=O) groups is 1. The van der Waals surface area contributed by atoms with E-state index in [1.54, 1.807) is 13.8 Å². The first-order valence-corrected chi connectivity index (χ1v) is 7.54. The van der Waals surface area contributed by atoms with Gasteiger partial charge in [-0.3, -0.25) is 0 Å². The van der Waals surface area contributed by atoms with Crippen LogP contribution in [0, 0.1) is 34.6 Å². The van der Waals surface area contributed by atoms with E-state index in [0.29, 0.717) is 11.1 Å². The van der Waals surface area contributed by atoms with Gasteiger partial charge in [-0.25, -0.2) is 18.6 Å². The minimum Gasteiger partial charge on any atom is -0.452 e. The number of methoxy groups -OCH3 is 1. The third-order valence-corrected chi connectivity index (χ3v) is 5.19. The molecule has 7 heteroatoms. The highest BCUT2D eigenvalue weighted by Crippen LogP contribution is 2.29. The van der Waals surface area contributed by atoms with E-state index in [-0.39, 0.29) is 4.90 Å². The van der Waals surface area contributed by atoms with E-state index in [2.05, 4.69) is 4.74 Å². The second kappa shape index (κ2) is 5.80. The Morgan fingerprint density at radius 3 is 1.70 bits per heavy atom. The zero-order valence-electron chi connectivity index (χ0n) is 12.5. The molecule has 0 atom stereocenters. The van der Waals surface area contributed by atoms with Crippen LogP contribution in [0.1, 0.15) is 27.8 Å². The Balaban J connectivity index is 3.36. The quantitative estimate of drug-likeness (QED) is 0.833. The van der Waals surface area contributed by atoms with Gasteiger partial charge in [0.05, 0.1) is 12.0 Å². The van der Waals surface area contributed by atoms with Crippen LogP contribution in [0.3, 0.4) is 0 Å². The van der Waals surface area contributed by atoms with Crippen LogP contribution in [-0.4, -0.2) is 21.6 Å². The van der Waals surface area contributed by atoms with Gasteiger partial charge in [0.1, 0.15) is 0 Å². The van der Waals surface area contributed by atoms with E-state index in [1.165, 1.54) is 0 Å². The number of sulfonamides is 1. The van der Waals surface area contributed by atoms with E-state index in [1.807, 2.05) is 31.0 Å². The lowest BCUT2D eigenvalue weighted by Crippen LogP contribution is -2.42. The van der Waals surface area contributed by atoms with Gasteiger partial charge in [0.15, 0.2) is 0 Å². The van der Waals surface area contributed by atoms with Crippen molar-refractivity contribution in [1.29, 1.82) is 0 Å². The molecule has 0 fully saturated rings. The number of rotatable bonds is 3. The molecule has 0 bridgehead atoms. The van der Waals surface area contributed by atoms with Crippen LogP contribution in [0.4, 0.5) is 4.79 Å². The Morgan fingerprint density at radius 1 is 0.900 bits per heavy atom. The van der Waals surface area contributed by atoms with Crippen molar-refractivity contribution in [3.8, 4) is 0 Å². The standard InChI is InChI=1S/C13H20N2O4S/c1-7-8(2)10(4)12(11(5)9(7)3)20(17,18)15-14-13(16)19-6/h15H,1-6H3,(H,14,16). The van der Waals surface area contributed by atoms with E-state index in [0.717, 1.165) is 23.8 Å². The van der Waals surface area contributed by atoms with E-state index >= 15 is 0 Å². The fraction of sp³-hybridized carbons (Fsp3) is 0.462. The zero-order chi connectivity index (χ0) is 15.7. The zero-order valence-corrected chi connectivity index (χ0v) is 13.4. The molecule has 0 unspecified atom stereocenters. The Bertz CT molecular complexity index is 622. The molecule has 1 rings (SSSR count). The molecule has 0 aliphatic rings. The van der Waals surface area contributed by atoms with Crippen molar-refractivity contribution >= 4 is 16.1 Å². The van der Waals surface area contributed by atoms with Crippen LogP contribution in [0.5, 0.6) is 0 Å². The predicted octanol–water partition coefficient (Wildman–Crippen LogP) is 1.78. The third kappa shape index (κ3) is 2.94. The molecule has 112 valence electrons. The Labute approximate surface area is 119 Å². The van der Waals surface area contributed by atoms with Crippen molar-refractivity contribution in [2.45, 2.75) is 39.5 Å². The van der Waals surface area contributed by atoms with Crippen molar-refractivity contribution in [3.63, 3.8) is 0 Å². The van der Waals surface area contributed by atoms with Gasteiger partial charge in [-0.1, -0.05) is 0 Å². The monoisotopic (exact) mass is 300 g/mol. The molecule has 1 aromatic rings. The summed E-state index contributed by atoms with van der Waals surface area (Å²) in [6.07, 6.45) is -0.871. The van der Waals surface area contributed by atoms with Crippen LogP contribution in [0.25, 0.3) is 0 Å². The van der Waals surface area contributed by atoms with Gasteiger partial charge in [-0.05, 0) is 62.4 Å². The molecule has 2 N–H and O–H groups in total. The van der Waals surface area contributed by atoms with Crippen molar-refractivity contribution in [2.24, 2.45) is 0 Å². The summed E-state index contributed by atoms with van der Waals surface area (Å²) in [6, 6.07) is 0. The molecule has 1 amide bonds. The third-order valence-electron chi connectivity index (χ3n) is 3.67. The molecular weight excluding hydrogens is 280 g/mol. The molecule has 0 saturated carbocycles. The van der Waals surface area contributed by atoms with Crippen LogP contribution in [0.2, 0.25) is 0 Å². The first-order chi connectivity index (χ1) is 9.13. The molecule has 0 aliphatic heterocycles. The maximum absolute atomic E-state index is 12.3. The SMILES string of the molecule is COC(=O)NNS(=O)(=O)c1c(C)c(C)c(C)c(C)c1C. The first-order valence-electron chi connectivity index (χ1n) is 6.06. The summed E-state index contributed by atoms with van der Waals surface area (Å²) in [5, 5.41) is 0. The number of amides is 1.